The highest BCUT2D eigenvalue weighted by Gasteiger charge is 2.46. The van der Waals surface area contributed by atoms with E-state index in [1.165, 1.54) is 11.4 Å². The van der Waals surface area contributed by atoms with Crippen molar-refractivity contribution in [3.05, 3.63) is 42.5 Å². The Morgan fingerprint density at radius 1 is 1.09 bits per heavy atom. The van der Waals surface area contributed by atoms with Crippen LogP contribution in [-0.2, 0) is 19.9 Å². The van der Waals surface area contributed by atoms with E-state index >= 15 is 0 Å². The molecule has 1 fully saturated rings. The third-order valence-corrected chi connectivity index (χ3v) is 8.52. The standard InChI is InChI=1S/C16H19NO4S2/c1-16(9-10-22(18,19)12-16)17(2)23(20,21)15-8-7-13-5-3-4-6-14(13)11-15/h3-8,11H,9-10,12H2,1-2H3/t16-/m1/s1. The average Bonchev–Trinajstić information content (AvgIpc) is 2.80. The lowest BCUT2D eigenvalue weighted by Crippen LogP contribution is -2.48. The molecule has 0 radical (unpaired) electrons. The summed E-state index contributed by atoms with van der Waals surface area (Å²) in [7, 11) is -5.47. The molecule has 5 nitrogen and oxygen atoms in total. The zero-order valence-electron chi connectivity index (χ0n) is 13.1. The average molecular weight is 353 g/mol. The Kier molecular flexibility index (Phi) is 3.78. The van der Waals surface area contributed by atoms with Gasteiger partial charge >= 0.3 is 0 Å². The van der Waals surface area contributed by atoms with Gasteiger partial charge in [-0.2, -0.15) is 4.31 Å². The SMILES string of the molecule is CN([C@]1(C)CCS(=O)(=O)C1)S(=O)(=O)c1ccc2ccccc2c1. The first-order chi connectivity index (χ1) is 10.6. The fraction of sp³-hybridized carbons (Fsp3) is 0.375. The summed E-state index contributed by atoms with van der Waals surface area (Å²) in [6, 6.07) is 12.5. The second-order valence-corrected chi connectivity index (χ2v) is 10.5. The maximum Gasteiger partial charge on any atom is 0.243 e. The number of sulfonamides is 1. The van der Waals surface area contributed by atoms with E-state index < -0.39 is 25.4 Å². The van der Waals surface area contributed by atoms with Gasteiger partial charge in [0, 0.05) is 12.6 Å². The minimum Gasteiger partial charge on any atom is -0.229 e. The van der Waals surface area contributed by atoms with E-state index in [1.807, 2.05) is 24.3 Å². The van der Waals surface area contributed by atoms with Crippen LogP contribution in [0.3, 0.4) is 0 Å². The fourth-order valence-electron chi connectivity index (χ4n) is 3.02. The van der Waals surface area contributed by atoms with Gasteiger partial charge in [-0.3, -0.25) is 0 Å². The van der Waals surface area contributed by atoms with Crippen molar-refractivity contribution in [3.63, 3.8) is 0 Å². The van der Waals surface area contributed by atoms with Gasteiger partial charge in [-0.15, -0.1) is 0 Å². The Morgan fingerprint density at radius 2 is 1.74 bits per heavy atom. The van der Waals surface area contributed by atoms with Crippen molar-refractivity contribution in [2.45, 2.75) is 23.8 Å². The lowest BCUT2D eigenvalue weighted by Gasteiger charge is -2.33. The van der Waals surface area contributed by atoms with Crippen LogP contribution < -0.4 is 0 Å². The molecule has 0 N–H and O–H groups in total. The summed E-state index contributed by atoms with van der Waals surface area (Å²) in [5.41, 5.74) is -0.899. The fourth-order valence-corrected chi connectivity index (χ4v) is 6.85. The molecule has 1 atom stereocenters. The van der Waals surface area contributed by atoms with E-state index in [1.54, 1.807) is 25.1 Å². The third-order valence-electron chi connectivity index (χ3n) is 4.62. The minimum atomic E-state index is -3.75. The Labute approximate surface area is 136 Å². The second-order valence-electron chi connectivity index (χ2n) is 6.32. The van der Waals surface area contributed by atoms with Crippen molar-refractivity contribution in [3.8, 4) is 0 Å². The Bertz CT molecular complexity index is 966. The van der Waals surface area contributed by atoms with Crippen LogP contribution in [-0.4, -0.2) is 45.2 Å². The van der Waals surface area contributed by atoms with Crippen LogP contribution in [0, 0.1) is 0 Å². The monoisotopic (exact) mass is 353 g/mol. The predicted molar refractivity (Wildman–Crippen MR) is 90.6 cm³/mol. The first-order valence-electron chi connectivity index (χ1n) is 7.32. The molecular weight excluding hydrogens is 334 g/mol. The summed E-state index contributed by atoms with van der Waals surface area (Å²) in [6.45, 7) is 1.69. The molecule has 0 aromatic heterocycles. The van der Waals surface area contributed by atoms with Crippen LogP contribution >= 0.6 is 0 Å². The molecule has 7 heteroatoms. The van der Waals surface area contributed by atoms with Gasteiger partial charge < -0.3 is 0 Å². The number of hydrogen-bond acceptors (Lipinski definition) is 4. The molecule has 0 aliphatic carbocycles. The largest absolute Gasteiger partial charge is 0.243 e. The normalized spacial score (nSPS) is 24.3. The number of rotatable bonds is 3. The molecular formula is C16H19NO4S2. The van der Waals surface area contributed by atoms with Crippen molar-refractivity contribution < 1.29 is 16.8 Å². The topological polar surface area (TPSA) is 71.5 Å². The van der Waals surface area contributed by atoms with Crippen LogP contribution in [0.5, 0.6) is 0 Å². The summed E-state index contributed by atoms with van der Waals surface area (Å²) in [5.74, 6) is -0.107. The third kappa shape index (κ3) is 2.88. The molecule has 2 aromatic rings. The van der Waals surface area contributed by atoms with Gasteiger partial charge in [0.1, 0.15) is 0 Å². The van der Waals surface area contributed by atoms with Crippen LogP contribution in [0.15, 0.2) is 47.4 Å². The molecule has 0 saturated carbocycles. The van der Waals surface area contributed by atoms with E-state index in [0.29, 0.717) is 6.42 Å². The zero-order chi connectivity index (χ0) is 16.9. The molecule has 1 saturated heterocycles. The maximum atomic E-state index is 12.9. The predicted octanol–water partition coefficient (Wildman–Crippen LogP) is 2.04. The van der Waals surface area contributed by atoms with Crippen molar-refractivity contribution >= 4 is 30.6 Å². The molecule has 0 amide bonds. The van der Waals surface area contributed by atoms with Gasteiger partial charge in [-0.05, 0) is 36.2 Å². The highest BCUT2D eigenvalue weighted by Crippen LogP contribution is 2.33. The smallest absolute Gasteiger partial charge is 0.229 e. The van der Waals surface area contributed by atoms with Crippen LogP contribution in [0.25, 0.3) is 10.8 Å². The Hall–Kier alpha value is -1.44. The minimum absolute atomic E-state index is 0.0288. The molecule has 0 bridgehead atoms. The first-order valence-corrected chi connectivity index (χ1v) is 10.6. The number of fused-ring (bicyclic) bond motifs is 1. The van der Waals surface area contributed by atoms with Crippen molar-refractivity contribution in [2.24, 2.45) is 0 Å². The Balaban J connectivity index is 2.03. The van der Waals surface area contributed by atoms with Crippen LogP contribution in [0.2, 0.25) is 0 Å². The summed E-state index contributed by atoms with van der Waals surface area (Å²) in [5, 5.41) is 1.80. The summed E-state index contributed by atoms with van der Waals surface area (Å²) < 4.78 is 50.6. The molecule has 0 unspecified atom stereocenters. The molecule has 1 heterocycles. The summed E-state index contributed by atoms with van der Waals surface area (Å²) in [6.07, 6.45) is 0.318. The Morgan fingerprint density at radius 3 is 2.35 bits per heavy atom. The zero-order valence-corrected chi connectivity index (χ0v) is 14.7. The van der Waals surface area contributed by atoms with Crippen molar-refractivity contribution in [1.29, 1.82) is 0 Å². The highest BCUT2D eigenvalue weighted by molar-refractivity contribution is 7.92. The molecule has 1 aliphatic heterocycles. The van der Waals surface area contributed by atoms with Crippen molar-refractivity contribution in [1.82, 2.24) is 4.31 Å². The van der Waals surface area contributed by atoms with Gasteiger partial charge in [0.05, 0.1) is 16.4 Å². The molecule has 1 aliphatic rings. The lowest BCUT2D eigenvalue weighted by molar-refractivity contribution is 0.273. The van der Waals surface area contributed by atoms with Crippen LogP contribution in [0.4, 0.5) is 0 Å². The van der Waals surface area contributed by atoms with Crippen molar-refractivity contribution in [2.75, 3.05) is 18.6 Å². The van der Waals surface area contributed by atoms with Crippen LogP contribution in [0.1, 0.15) is 13.3 Å². The van der Waals surface area contributed by atoms with Gasteiger partial charge in [-0.25, -0.2) is 16.8 Å². The number of sulfone groups is 1. The van der Waals surface area contributed by atoms with E-state index in [9.17, 15) is 16.8 Å². The summed E-state index contributed by atoms with van der Waals surface area (Å²) >= 11 is 0. The number of hydrogen-bond donors (Lipinski definition) is 0. The van der Waals surface area contributed by atoms with Gasteiger partial charge in [0.2, 0.25) is 10.0 Å². The van der Waals surface area contributed by atoms with E-state index in [4.69, 9.17) is 0 Å². The van der Waals surface area contributed by atoms with E-state index in [-0.39, 0.29) is 16.4 Å². The van der Waals surface area contributed by atoms with Gasteiger partial charge in [0.25, 0.3) is 0 Å². The van der Waals surface area contributed by atoms with Gasteiger partial charge in [-0.1, -0.05) is 30.3 Å². The van der Waals surface area contributed by atoms with E-state index in [2.05, 4.69) is 0 Å². The molecule has 124 valence electrons. The first kappa shape index (κ1) is 16.4. The number of benzene rings is 2. The maximum absolute atomic E-state index is 12.9. The number of nitrogens with zero attached hydrogens (tertiary/aromatic N) is 1. The quantitative estimate of drug-likeness (QED) is 0.846. The van der Waals surface area contributed by atoms with E-state index in [0.717, 1.165) is 10.8 Å². The highest BCUT2D eigenvalue weighted by atomic mass is 32.2. The summed E-state index contributed by atoms with van der Waals surface area (Å²) in [4.78, 5) is 0.184. The van der Waals surface area contributed by atoms with Gasteiger partial charge in [0.15, 0.2) is 9.84 Å². The lowest BCUT2D eigenvalue weighted by atomic mass is 10.0. The molecule has 0 spiro atoms. The second kappa shape index (κ2) is 5.29. The molecule has 3 rings (SSSR count). The molecule has 2 aromatic carbocycles. The molecule has 23 heavy (non-hydrogen) atoms.